The molecule has 0 atom stereocenters. The Morgan fingerprint density at radius 1 is 1.04 bits per heavy atom. The second-order valence-corrected chi connectivity index (χ2v) is 6.64. The molecular formula is C17H17ClN2O3. The molecular weight excluding hydrogens is 316 g/mol. The summed E-state index contributed by atoms with van der Waals surface area (Å²) in [7, 11) is 0. The van der Waals surface area contributed by atoms with Crippen molar-refractivity contribution in [1.82, 2.24) is 4.98 Å². The summed E-state index contributed by atoms with van der Waals surface area (Å²) in [6.07, 6.45) is 5.78. The third kappa shape index (κ3) is 3.07. The van der Waals surface area contributed by atoms with Crippen LogP contribution in [0.25, 0.3) is 0 Å². The summed E-state index contributed by atoms with van der Waals surface area (Å²) < 4.78 is 11.5. The third-order valence-corrected chi connectivity index (χ3v) is 4.86. The van der Waals surface area contributed by atoms with E-state index in [-0.39, 0.29) is 11.4 Å². The first-order valence-electron chi connectivity index (χ1n) is 7.84. The van der Waals surface area contributed by atoms with Crippen molar-refractivity contribution in [3.63, 3.8) is 0 Å². The van der Waals surface area contributed by atoms with Crippen molar-refractivity contribution in [3.05, 3.63) is 29.0 Å². The lowest BCUT2D eigenvalue weighted by atomic mass is 9.79. The van der Waals surface area contributed by atoms with E-state index in [1.54, 1.807) is 18.3 Å². The summed E-state index contributed by atoms with van der Waals surface area (Å²) in [5, 5.41) is 4.77. The Labute approximate surface area is 140 Å². The van der Waals surface area contributed by atoms with Gasteiger partial charge in [0.15, 0.2) is 5.79 Å². The van der Waals surface area contributed by atoms with Gasteiger partial charge >= 0.3 is 0 Å². The van der Waals surface area contributed by atoms with E-state index in [1.165, 1.54) is 0 Å². The topological polar surface area (TPSA) is 52.9 Å². The van der Waals surface area contributed by atoms with Crippen molar-refractivity contribution in [3.8, 4) is 11.8 Å². The Bertz CT molecular complexity index is 674. The van der Waals surface area contributed by atoms with E-state index in [0.717, 1.165) is 37.8 Å². The van der Waals surface area contributed by atoms with E-state index in [1.807, 2.05) is 0 Å². The Morgan fingerprint density at radius 3 is 2.52 bits per heavy atom. The van der Waals surface area contributed by atoms with Crippen LogP contribution in [0.2, 0.25) is 5.02 Å². The van der Waals surface area contributed by atoms with Gasteiger partial charge in [-0.1, -0.05) is 16.8 Å². The Morgan fingerprint density at radius 2 is 1.83 bits per heavy atom. The fourth-order valence-corrected chi connectivity index (χ4v) is 3.43. The first kappa shape index (κ1) is 14.9. The van der Waals surface area contributed by atoms with E-state index >= 15 is 0 Å². The molecule has 2 aliphatic heterocycles. The minimum absolute atomic E-state index is 0.238. The number of halogens is 1. The number of hydrogen-bond acceptors (Lipinski definition) is 5. The van der Waals surface area contributed by atoms with Gasteiger partial charge in [-0.2, -0.15) is 0 Å². The largest absolute Gasteiger partial charge is 0.388 e. The molecule has 1 saturated heterocycles. The molecule has 1 aromatic heterocycles. The van der Waals surface area contributed by atoms with Crippen molar-refractivity contribution >= 4 is 17.3 Å². The Kier molecular flexibility index (Phi) is 3.76. The first-order chi connectivity index (χ1) is 11.2. The predicted octanol–water partition coefficient (Wildman–Crippen LogP) is 2.92. The summed E-state index contributed by atoms with van der Waals surface area (Å²) in [6, 6.07) is 3.57. The maximum absolute atomic E-state index is 5.81. The lowest BCUT2D eigenvalue weighted by Crippen LogP contribution is -2.43. The molecule has 0 radical (unpaired) electrons. The molecule has 2 spiro atoms. The summed E-state index contributed by atoms with van der Waals surface area (Å²) in [5.74, 6) is 5.68. The monoisotopic (exact) mass is 332 g/mol. The molecule has 6 heteroatoms. The third-order valence-electron chi connectivity index (χ3n) is 4.64. The van der Waals surface area contributed by atoms with E-state index in [0.29, 0.717) is 23.9 Å². The highest BCUT2D eigenvalue weighted by atomic mass is 35.5. The van der Waals surface area contributed by atoms with Crippen LogP contribution in [0.5, 0.6) is 0 Å². The molecule has 0 unspecified atom stereocenters. The fraction of sp³-hybridized carbons (Fsp3) is 0.529. The van der Waals surface area contributed by atoms with Crippen LogP contribution >= 0.6 is 11.6 Å². The van der Waals surface area contributed by atoms with Gasteiger partial charge in [0.05, 0.1) is 18.2 Å². The van der Waals surface area contributed by atoms with Crippen LogP contribution in [0.15, 0.2) is 23.5 Å². The van der Waals surface area contributed by atoms with E-state index in [4.69, 9.17) is 25.9 Å². The summed E-state index contributed by atoms with van der Waals surface area (Å²) in [4.78, 5) is 9.89. The van der Waals surface area contributed by atoms with Crippen molar-refractivity contribution in [1.29, 1.82) is 0 Å². The van der Waals surface area contributed by atoms with Crippen molar-refractivity contribution < 1.29 is 14.3 Å². The van der Waals surface area contributed by atoms with Gasteiger partial charge in [-0.25, -0.2) is 4.98 Å². The van der Waals surface area contributed by atoms with Crippen molar-refractivity contribution in [2.45, 2.75) is 43.5 Å². The quantitative estimate of drug-likeness (QED) is 0.685. The highest BCUT2D eigenvalue weighted by molar-refractivity contribution is 6.30. The van der Waals surface area contributed by atoms with Crippen LogP contribution in [-0.2, 0) is 14.3 Å². The van der Waals surface area contributed by atoms with Crippen LogP contribution in [-0.4, -0.2) is 35.3 Å². The van der Waals surface area contributed by atoms with E-state index < -0.39 is 0 Å². The number of nitrogens with zero attached hydrogens (tertiary/aromatic N) is 2. The van der Waals surface area contributed by atoms with Gasteiger partial charge in [-0.15, -0.1) is 0 Å². The van der Waals surface area contributed by atoms with E-state index in [2.05, 4.69) is 22.0 Å². The zero-order valence-corrected chi connectivity index (χ0v) is 13.4. The number of ether oxygens (including phenoxy) is 2. The molecule has 0 aromatic carbocycles. The van der Waals surface area contributed by atoms with Crippen LogP contribution in [0.4, 0.5) is 0 Å². The van der Waals surface area contributed by atoms with Crippen LogP contribution in [0, 0.1) is 11.8 Å². The van der Waals surface area contributed by atoms with Gasteiger partial charge in [0.25, 0.3) is 0 Å². The Balaban J connectivity index is 1.39. The van der Waals surface area contributed by atoms with Crippen LogP contribution < -0.4 is 0 Å². The molecule has 120 valence electrons. The van der Waals surface area contributed by atoms with Gasteiger partial charge in [0, 0.05) is 25.5 Å². The molecule has 1 saturated carbocycles. The molecule has 5 nitrogen and oxygen atoms in total. The first-order valence-corrected chi connectivity index (χ1v) is 8.22. The summed E-state index contributed by atoms with van der Waals surface area (Å²) >= 11 is 5.81. The number of hydrogen-bond donors (Lipinski definition) is 0. The normalized spacial score (nSPS) is 24.1. The van der Waals surface area contributed by atoms with Gasteiger partial charge in [0.1, 0.15) is 17.0 Å². The minimum Gasteiger partial charge on any atom is -0.388 e. The van der Waals surface area contributed by atoms with Crippen LogP contribution in [0.3, 0.4) is 0 Å². The van der Waals surface area contributed by atoms with Crippen molar-refractivity contribution in [2.24, 2.45) is 5.16 Å². The molecule has 0 amide bonds. The summed E-state index contributed by atoms with van der Waals surface area (Å²) in [6.45, 7) is 1.38. The number of rotatable bonds is 0. The SMILES string of the molecule is Clc1ccc(C#CC2=NOC3(CCC4(CC3)OCCO4)C2)nc1. The fourth-order valence-electron chi connectivity index (χ4n) is 3.31. The zero-order chi connectivity index (χ0) is 15.8. The highest BCUT2D eigenvalue weighted by Gasteiger charge is 2.50. The maximum Gasteiger partial charge on any atom is 0.168 e. The molecule has 4 rings (SSSR count). The zero-order valence-electron chi connectivity index (χ0n) is 12.7. The maximum atomic E-state index is 5.81. The molecule has 0 bridgehead atoms. The van der Waals surface area contributed by atoms with Crippen LogP contribution in [0.1, 0.15) is 37.8 Å². The average molecular weight is 333 g/mol. The lowest BCUT2D eigenvalue weighted by Gasteiger charge is -2.39. The molecule has 3 aliphatic rings. The number of pyridine rings is 1. The van der Waals surface area contributed by atoms with Crippen molar-refractivity contribution in [2.75, 3.05) is 13.2 Å². The molecule has 2 fully saturated rings. The second kappa shape index (κ2) is 5.79. The Hall–Kier alpha value is -1.61. The average Bonchev–Trinajstić information content (AvgIpc) is 3.18. The smallest absolute Gasteiger partial charge is 0.168 e. The van der Waals surface area contributed by atoms with Gasteiger partial charge < -0.3 is 14.3 Å². The molecule has 23 heavy (non-hydrogen) atoms. The predicted molar refractivity (Wildman–Crippen MR) is 85.1 cm³/mol. The molecule has 1 aliphatic carbocycles. The number of oxime groups is 1. The van der Waals surface area contributed by atoms with E-state index in [9.17, 15) is 0 Å². The number of aromatic nitrogens is 1. The van der Waals surface area contributed by atoms with Gasteiger partial charge in [-0.3, -0.25) is 0 Å². The second-order valence-electron chi connectivity index (χ2n) is 6.21. The van der Waals surface area contributed by atoms with Gasteiger partial charge in [0.2, 0.25) is 0 Å². The molecule has 1 aromatic rings. The highest BCUT2D eigenvalue weighted by Crippen LogP contribution is 2.45. The summed E-state index contributed by atoms with van der Waals surface area (Å²) in [5.41, 5.74) is 1.21. The molecule has 3 heterocycles. The minimum atomic E-state index is -0.379. The standard InChI is InChI=1S/C17H17ClN2O3/c18-13-1-2-14(19-12-13)3-4-15-11-16(23-20-15)5-7-17(8-6-16)21-9-10-22-17/h1-2,12H,5-11H2. The molecule has 0 N–H and O–H groups in total. The van der Waals surface area contributed by atoms with Gasteiger partial charge in [-0.05, 0) is 36.8 Å². The lowest BCUT2D eigenvalue weighted by molar-refractivity contribution is -0.206.